The maximum Gasteiger partial charge on any atom is 0.134 e. The van der Waals surface area contributed by atoms with Crippen LogP contribution in [0.3, 0.4) is 0 Å². The Balaban J connectivity index is 2.33. The molecule has 3 heteroatoms. The minimum Gasteiger partial charge on any atom is -0.389 e. The lowest BCUT2D eigenvalue weighted by Gasteiger charge is -2.30. The highest BCUT2D eigenvalue weighted by molar-refractivity contribution is 5.49. The molecule has 3 nitrogen and oxygen atoms in total. The molecule has 0 spiro atoms. The molecule has 1 aliphatic rings. The topological polar surface area (TPSA) is 36.4 Å². The van der Waals surface area contributed by atoms with Crippen molar-refractivity contribution in [3.8, 4) is 0 Å². The predicted molar refractivity (Wildman–Crippen MR) is 70.1 cm³/mol. The molecule has 17 heavy (non-hydrogen) atoms. The van der Waals surface area contributed by atoms with Gasteiger partial charge in [-0.2, -0.15) is 0 Å². The van der Waals surface area contributed by atoms with Gasteiger partial charge in [0.2, 0.25) is 0 Å². The quantitative estimate of drug-likeness (QED) is 0.873. The number of hydrogen-bond donors (Lipinski definition) is 1. The highest BCUT2D eigenvalue weighted by Gasteiger charge is 2.29. The Bertz CT molecular complexity index is 376. The van der Waals surface area contributed by atoms with Gasteiger partial charge in [0.1, 0.15) is 5.82 Å². The largest absolute Gasteiger partial charge is 0.389 e. The number of nitrogens with zero attached hydrogens (tertiary/aromatic N) is 2. The van der Waals surface area contributed by atoms with Gasteiger partial charge in [-0.25, -0.2) is 4.98 Å². The molecular weight excluding hydrogens is 212 g/mol. The molecule has 0 bridgehead atoms. The van der Waals surface area contributed by atoms with E-state index in [0.717, 1.165) is 17.9 Å². The Kier molecular flexibility index (Phi) is 3.67. The third-order valence-corrected chi connectivity index (χ3v) is 3.61. The van der Waals surface area contributed by atoms with Crippen molar-refractivity contribution in [2.24, 2.45) is 5.92 Å². The maximum atomic E-state index is 9.82. The van der Waals surface area contributed by atoms with E-state index in [9.17, 15) is 5.11 Å². The van der Waals surface area contributed by atoms with Crippen molar-refractivity contribution in [1.82, 2.24) is 4.98 Å². The average molecular weight is 234 g/mol. The minimum atomic E-state index is -0.452. The molecule has 1 aromatic rings. The molecule has 1 fully saturated rings. The maximum absolute atomic E-state index is 9.82. The minimum absolute atomic E-state index is 0.452. The van der Waals surface area contributed by atoms with Crippen molar-refractivity contribution in [3.63, 3.8) is 0 Å². The number of pyridine rings is 1. The van der Waals surface area contributed by atoms with Crippen LogP contribution >= 0.6 is 0 Å². The van der Waals surface area contributed by atoms with Gasteiger partial charge in [0.25, 0.3) is 0 Å². The monoisotopic (exact) mass is 234 g/mol. The Morgan fingerprint density at radius 3 is 2.82 bits per heavy atom. The third kappa shape index (κ3) is 2.44. The van der Waals surface area contributed by atoms with Crippen LogP contribution in [-0.2, 0) is 0 Å². The van der Waals surface area contributed by atoms with E-state index < -0.39 is 6.10 Å². The molecule has 2 heterocycles. The average Bonchev–Trinajstić information content (AvgIpc) is 2.77. The van der Waals surface area contributed by atoms with Gasteiger partial charge in [-0.05, 0) is 31.7 Å². The smallest absolute Gasteiger partial charge is 0.134 e. The Hall–Kier alpha value is -1.09. The summed E-state index contributed by atoms with van der Waals surface area (Å²) in [6, 6.07) is 4.43. The van der Waals surface area contributed by atoms with Crippen molar-refractivity contribution < 1.29 is 5.11 Å². The zero-order valence-corrected chi connectivity index (χ0v) is 10.9. The van der Waals surface area contributed by atoms with Gasteiger partial charge in [-0.15, -0.1) is 0 Å². The molecule has 0 amide bonds. The first kappa shape index (κ1) is 12.4. The second-order valence-electron chi connectivity index (χ2n) is 5.24. The lowest BCUT2D eigenvalue weighted by molar-refractivity contribution is 0.199. The van der Waals surface area contributed by atoms with Crippen molar-refractivity contribution >= 4 is 5.82 Å². The predicted octanol–water partition coefficient (Wildman–Crippen LogP) is 2.76. The Morgan fingerprint density at radius 2 is 2.18 bits per heavy atom. The van der Waals surface area contributed by atoms with Gasteiger partial charge in [0, 0.05) is 24.3 Å². The van der Waals surface area contributed by atoms with Crippen molar-refractivity contribution in [2.75, 3.05) is 11.4 Å². The first-order valence-corrected chi connectivity index (χ1v) is 6.51. The molecule has 0 aromatic carbocycles. The zero-order chi connectivity index (χ0) is 12.4. The van der Waals surface area contributed by atoms with Crippen LogP contribution in [-0.4, -0.2) is 22.7 Å². The summed E-state index contributed by atoms with van der Waals surface area (Å²) in [7, 11) is 0. The van der Waals surface area contributed by atoms with Gasteiger partial charge >= 0.3 is 0 Å². The molecular formula is C14H22N2O. The Morgan fingerprint density at radius 1 is 1.41 bits per heavy atom. The fourth-order valence-electron chi connectivity index (χ4n) is 2.72. The first-order chi connectivity index (χ1) is 8.11. The normalized spacial score (nSPS) is 22.2. The SMILES string of the molecule is CC(O)c1cccnc1N1CCCC1C(C)C. The van der Waals surface area contributed by atoms with E-state index in [1.165, 1.54) is 12.8 Å². The second kappa shape index (κ2) is 5.05. The first-order valence-electron chi connectivity index (χ1n) is 6.51. The summed E-state index contributed by atoms with van der Waals surface area (Å²) < 4.78 is 0. The fourth-order valence-corrected chi connectivity index (χ4v) is 2.72. The van der Waals surface area contributed by atoms with Crippen LogP contribution in [0.25, 0.3) is 0 Å². The molecule has 1 saturated heterocycles. The van der Waals surface area contributed by atoms with Crippen LogP contribution < -0.4 is 4.90 Å². The molecule has 2 unspecified atom stereocenters. The van der Waals surface area contributed by atoms with Gasteiger partial charge in [0.15, 0.2) is 0 Å². The summed E-state index contributed by atoms with van der Waals surface area (Å²) in [6.07, 6.45) is 3.82. The Labute approximate surface area is 103 Å². The molecule has 1 aliphatic heterocycles. The molecule has 0 radical (unpaired) electrons. The van der Waals surface area contributed by atoms with E-state index in [-0.39, 0.29) is 0 Å². The van der Waals surface area contributed by atoms with Crippen molar-refractivity contribution in [3.05, 3.63) is 23.9 Å². The molecule has 1 N–H and O–H groups in total. The molecule has 1 aromatic heterocycles. The van der Waals surface area contributed by atoms with E-state index in [1.807, 2.05) is 18.3 Å². The number of rotatable bonds is 3. The summed E-state index contributed by atoms with van der Waals surface area (Å²) in [5.41, 5.74) is 0.944. The van der Waals surface area contributed by atoms with E-state index in [4.69, 9.17) is 0 Å². The van der Waals surface area contributed by atoms with E-state index in [1.54, 1.807) is 6.92 Å². The summed E-state index contributed by atoms with van der Waals surface area (Å²) in [5.74, 6) is 1.60. The summed E-state index contributed by atoms with van der Waals surface area (Å²) in [6.45, 7) is 7.38. The van der Waals surface area contributed by atoms with Crippen molar-refractivity contribution in [1.29, 1.82) is 0 Å². The van der Waals surface area contributed by atoms with Crippen molar-refractivity contribution in [2.45, 2.75) is 45.8 Å². The van der Waals surface area contributed by atoms with E-state index in [2.05, 4.69) is 23.7 Å². The lowest BCUT2D eigenvalue weighted by Crippen LogP contribution is -2.34. The van der Waals surface area contributed by atoms with Gasteiger partial charge in [0.05, 0.1) is 6.10 Å². The zero-order valence-electron chi connectivity index (χ0n) is 10.9. The van der Waals surface area contributed by atoms with Crippen LogP contribution in [0.5, 0.6) is 0 Å². The standard InChI is InChI=1S/C14H22N2O/c1-10(2)13-7-5-9-16(13)14-12(11(3)17)6-4-8-15-14/h4,6,8,10-11,13,17H,5,7,9H2,1-3H3. The highest BCUT2D eigenvalue weighted by Crippen LogP contribution is 2.32. The number of anilines is 1. The fraction of sp³-hybridized carbons (Fsp3) is 0.643. The van der Waals surface area contributed by atoms with E-state index in [0.29, 0.717) is 12.0 Å². The number of hydrogen-bond acceptors (Lipinski definition) is 3. The summed E-state index contributed by atoms with van der Waals surface area (Å²) in [4.78, 5) is 6.85. The van der Waals surface area contributed by atoms with Crippen LogP contribution in [0, 0.1) is 5.92 Å². The molecule has 94 valence electrons. The molecule has 0 saturated carbocycles. The molecule has 2 atom stereocenters. The summed E-state index contributed by atoms with van der Waals surface area (Å²) in [5, 5.41) is 9.82. The highest BCUT2D eigenvalue weighted by atomic mass is 16.3. The van der Waals surface area contributed by atoms with E-state index >= 15 is 0 Å². The van der Waals surface area contributed by atoms with Crippen LogP contribution in [0.15, 0.2) is 18.3 Å². The number of aromatic nitrogens is 1. The summed E-state index contributed by atoms with van der Waals surface area (Å²) >= 11 is 0. The van der Waals surface area contributed by atoms with Crippen LogP contribution in [0.2, 0.25) is 0 Å². The van der Waals surface area contributed by atoms with Gasteiger partial charge < -0.3 is 10.0 Å². The number of aliphatic hydroxyl groups is 1. The third-order valence-electron chi connectivity index (χ3n) is 3.61. The second-order valence-corrected chi connectivity index (χ2v) is 5.24. The van der Waals surface area contributed by atoms with Crippen LogP contribution in [0.4, 0.5) is 5.82 Å². The lowest BCUT2D eigenvalue weighted by atomic mass is 10.0. The number of aliphatic hydroxyl groups excluding tert-OH is 1. The molecule has 0 aliphatic carbocycles. The van der Waals surface area contributed by atoms with Gasteiger partial charge in [-0.3, -0.25) is 0 Å². The van der Waals surface area contributed by atoms with Gasteiger partial charge in [-0.1, -0.05) is 19.9 Å². The molecule has 2 rings (SSSR count). The van der Waals surface area contributed by atoms with Crippen LogP contribution in [0.1, 0.15) is 45.3 Å².